The Morgan fingerprint density at radius 1 is 0.947 bits per heavy atom. The molecule has 1 amide bonds. The Balaban J connectivity index is 1.26. The highest BCUT2D eigenvalue weighted by atomic mass is 16.2. The van der Waals surface area contributed by atoms with Gasteiger partial charge in [0.05, 0.1) is 11.4 Å². The first-order chi connectivity index (χ1) is 18.5. The van der Waals surface area contributed by atoms with Crippen LogP contribution in [0.4, 0.5) is 0 Å². The molecule has 38 heavy (non-hydrogen) atoms. The average Bonchev–Trinajstić information content (AvgIpc) is 3.57. The van der Waals surface area contributed by atoms with E-state index < -0.39 is 0 Å². The predicted molar refractivity (Wildman–Crippen MR) is 150 cm³/mol. The fourth-order valence-corrected chi connectivity index (χ4v) is 5.52. The first kappa shape index (κ1) is 24.1. The lowest BCUT2D eigenvalue weighted by atomic mass is 10.0. The van der Waals surface area contributed by atoms with Crippen LogP contribution in [0, 0.1) is 13.8 Å². The number of nitrogens with zero attached hydrogens (tertiary/aromatic N) is 3. The van der Waals surface area contributed by atoms with Crippen LogP contribution in [-0.2, 0) is 13.1 Å². The van der Waals surface area contributed by atoms with E-state index in [2.05, 4.69) is 44.6 Å². The van der Waals surface area contributed by atoms with Crippen LogP contribution in [0.3, 0.4) is 0 Å². The Hall–Kier alpha value is -4.23. The number of amides is 1. The summed E-state index contributed by atoms with van der Waals surface area (Å²) >= 11 is 0. The maximum Gasteiger partial charge on any atom is 0.274 e. The zero-order chi connectivity index (χ0) is 26.2. The minimum absolute atomic E-state index is 0.266. The maximum absolute atomic E-state index is 13.2. The third-order valence-corrected chi connectivity index (χ3v) is 7.56. The topological polar surface area (TPSA) is 82.5 Å². The summed E-state index contributed by atoms with van der Waals surface area (Å²) < 4.78 is 1.60. The second-order valence-corrected chi connectivity index (χ2v) is 10.2. The summed E-state index contributed by atoms with van der Waals surface area (Å²) in [6.07, 6.45) is 2.53. The van der Waals surface area contributed by atoms with Gasteiger partial charge in [0.1, 0.15) is 5.52 Å². The number of likely N-dealkylation sites (tertiary alicyclic amines) is 1. The van der Waals surface area contributed by atoms with Crippen molar-refractivity contribution in [2.45, 2.75) is 39.8 Å². The van der Waals surface area contributed by atoms with Gasteiger partial charge in [-0.15, -0.1) is 0 Å². The van der Waals surface area contributed by atoms with Gasteiger partial charge in [-0.25, -0.2) is 4.52 Å². The standard InChI is InChI=1S/C31H31N5O2/c1-20-27(30(37)32-18-22-8-7-9-23(16-22)19-35-14-5-6-15-35)34-36-21(2)28(33-31(38)29(20)36)26-13-12-24-10-3-4-11-25(24)17-26/h3-4,7-13,16-17H,5-6,14-15,18-19H2,1-2H3,(H,32,37)(H,33,38). The van der Waals surface area contributed by atoms with E-state index in [9.17, 15) is 9.59 Å². The summed E-state index contributed by atoms with van der Waals surface area (Å²) in [5, 5.41) is 9.82. The van der Waals surface area contributed by atoms with Gasteiger partial charge in [0.15, 0.2) is 5.69 Å². The van der Waals surface area contributed by atoms with Crippen molar-refractivity contribution in [2.75, 3.05) is 13.1 Å². The van der Waals surface area contributed by atoms with Crippen LogP contribution in [-0.4, -0.2) is 38.5 Å². The van der Waals surface area contributed by atoms with Gasteiger partial charge in [-0.2, -0.15) is 5.10 Å². The number of aromatic nitrogens is 3. The highest BCUT2D eigenvalue weighted by Crippen LogP contribution is 2.26. The lowest BCUT2D eigenvalue weighted by molar-refractivity contribution is 0.0945. The van der Waals surface area contributed by atoms with Crippen LogP contribution < -0.4 is 10.9 Å². The van der Waals surface area contributed by atoms with E-state index in [1.54, 1.807) is 11.4 Å². The Morgan fingerprint density at radius 2 is 1.71 bits per heavy atom. The highest BCUT2D eigenvalue weighted by Gasteiger charge is 2.21. The SMILES string of the molecule is Cc1c(C(=O)NCc2cccc(CN3CCCC3)c2)nn2c(C)c(-c3ccc4ccccc4c3)[nH]c(=O)c12. The van der Waals surface area contributed by atoms with Crippen molar-refractivity contribution in [1.29, 1.82) is 0 Å². The zero-order valence-electron chi connectivity index (χ0n) is 21.8. The Morgan fingerprint density at radius 3 is 2.53 bits per heavy atom. The molecule has 1 aliphatic rings. The molecule has 0 unspecified atom stereocenters. The number of hydrogen-bond donors (Lipinski definition) is 2. The van der Waals surface area contributed by atoms with Crippen molar-refractivity contribution >= 4 is 22.2 Å². The number of carbonyl (C=O) groups excluding carboxylic acids is 1. The number of rotatable bonds is 6. The van der Waals surface area contributed by atoms with E-state index in [0.717, 1.165) is 47.2 Å². The molecule has 6 rings (SSSR count). The predicted octanol–water partition coefficient (Wildman–Crippen LogP) is 4.99. The number of fused-ring (bicyclic) bond motifs is 2. The summed E-state index contributed by atoms with van der Waals surface area (Å²) in [5.41, 5.74) is 5.62. The first-order valence-corrected chi connectivity index (χ1v) is 13.2. The molecule has 7 nitrogen and oxygen atoms in total. The normalized spacial score (nSPS) is 13.9. The van der Waals surface area contributed by atoms with Crippen molar-refractivity contribution < 1.29 is 4.79 Å². The van der Waals surface area contributed by atoms with Crippen LogP contribution in [0.1, 0.15) is 45.7 Å². The zero-order valence-corrected chi connectivity index (χ0v) is 21.8. The molecular weight excluding hydrogens is 474 g/mol. The van der Waals surface area contributed by atoms with Gasteiger partial charge in [-0.3, -0.25) is 14.5 Å². The molecule has 0 bridgehead atoms. The van der Waals surface area contributed by atoms with Crippen LogP contribution in [0.15, 0.2) is 71.5 Å². The Labute approximate surface area is 221 Å². The van der Waals surface area contributed by atoms with Crippen molar-refractivity contribution in [1.82, 2.24) is 24.8 Å². The number of benzene rings is 3. The fraction of sp³-hybridized carbons (Fsp3) is 0.258. The Bertz CT molecular complexity index is 1730. The van der Waals surface area contributed by atoms with Gasteiger partial charge in [0.25, 0.3) is 11.5 Å². The van der Waals surface area contributed by atoms with Crippen LogP contribution in [0.25, 0.3) is 27.5 Å². The second kappa shape index (κ2) is 9.91. The first-order valence-electron chi connectivity index (χ1n) is 13.2. The molecule has 1 aliphatic heterocycles. The number of hydrogen-bond acceptors (Lipinski definition) is 4. The van der Waals surface area contributed by atoms with Gasteiger partial charge in [-0.05, 0) is 67.7 Å². The van der Waals surface area contributed by atoms with Crippen LogP contribution in [0.2, 0.25) is 0 Å². The summed E-state index contributed by atoms with van der Waals surface area (Å²) in [5.74, 6) is -0.290. The molecule has 0 spiro atoms. The number of carbonyl (C=O) groups is 1. The lowest BCUT2D eigenvalue weighted by Crippen LogP contribution is -2.24. The van der Waals surface area contributed by atoms with Gasteiger partial charge < -0.3 is 10.3 Å². The molecular formula is C31H31N5O2. The van der Waals surface area contributed by atoms with E-state index in [1.165, 1.54) is 18.4 Å². The number of aryl methyl sites for hydroxylation is 2. The monoisotopic (exact) mass is 505 g/mol. The molecule has 5 aromatic rings. The molecule has 1 fully saturated rings. The van der Waals surface area contributed by atoms with Gasteiger partial charge in [-0.1, -0.05) is 60.7 Å². The molecule has 3 heterocycles. The second-order valence-electron chi connectivity index (χ2n) is 10.2. The van der Waals surface area contributed by atoms with Crippen molar-refractivity contribution in [2.24, 2.45) is 0 Å². The minimum atomic E-state index is -0.290. The molecule has 2 N–H and O–H groups in total. The molecule has 7 heteroatoms. The quantitative estimate of drug-likeness (QED) is 0.341. The van der Waals surface area contributed by atoms with Gasteiger partial charge in [0.2, 0.25) is 0 Å². The number of nitrogens with one attached hydrogen (secondary N) is 2. The molecule has 0 saturated carbocycles. The highest BCUT2D eigenvalue weighted by molar-refractivity contribution is 5.95. The molecule has 1 saturated heterocycles. The molecule has 2 aromatic heterocycles. The van der Waals surface area contributed by atoms with Gasteiger partial charge in [0, 0.05) is 24.2 Å². The van der Waals surface area contributed by atoms with Crippen molar-refractivity contribution in [3.05, 3.63) is 105 Å². The van der Waals surface area contributed by atoms with Gasteiger partial charge >= 0.3 is 0 Å². The largest absolute Gasteiger partial charge is 0.347 e. The maximum atomic E-state index is 13.2. The third kappa shape index (κ3) is 4.50. The molecule has 0 atom stereocenters. The molecule has 0 radical (unpaired) electrons. The lowest BCUT2D eigenvalue weighted by Gasteiger charge is -2.15. The summed E-state index contributed by atoms with van der Waals surface area (Å²) in [4.78, 5) is 31.8. The van der Waals surface area contributed by atoms with Crippen LogP contribution >= 0.6 is 0 Å². The number of H-pyrrole nitrogens is 1. The molecule has 3 aromatic carbocycles. The fourth-order valence-electron chi connectivity index (χ4n) is 5.52. The average molecular weight is 506 g/mol. The van der Waals surface area contributed by atoms with Crippen molar-refractivity contribution in [3.8, 4) is 11.3 Å². The van der Waals surface area contributed by atoms with E-state index in [1.807, 2.05) is 49.4 Å². The third-order valence-electron chi connectivity index (χ3n) is 7.56. The summed E-state index contributed by atoms with van der Waals surface area (Å²) in [6, 6.07) is 22.6. The van der Waals surface area contributed by atoms with E-state index in [4.69, 9.17) is 0 Å². The minimum Gasteiger partial charge on any atom is -0.347 e. The molecule has 192 valence electrons. The summed E-state index contributed by atoms with van der Waals surface area (Å²) in [6.45, 7) is 7.32. The van der Waals surface area contributed by atoms with E-state index in [0.29, 0.717) is 23.3 Å². The smallest absolute Gasteiger partial charge is 0.274 e. The van der Waals surface area contributed by atoms with Crippen LogP contribution in [0.5, 0.6) is 0 Å². The summed E-state index contributed by atoms with van der Waals surface area (Å²) in [7, 11) is 0. The van der Waals surface area contributed by atoms with Crippen molar-refractivity contribution in [3.63, 3.8) is 0 Å². The van der Waals surface area contributed by atoms with E-state index >= 15 is 0 Å². The van der Waals surface area contributed by atoms with E-state index in [-0.39, 0.29) is 17.2 Å². The number of aromatic amines is 1. The Kier molecular flexibility index (Phi) is 6.29. The molecule has 0 aliphatic carbocycles.